The molecule has 1 aromatic heterocycles. The van der Waals surface area contributed by atoms with Crippen molar-refractivity contribution in [3.05, 3.63) is 117 Å². The van der Waals surface area contributed by atoms with Gasteiger partial charge < -0.3 is 20.1 Å². The Hall–Kier alpha value is -4.71. The second-order valence-electron chi connectivity index (χ2n) is 9.19. The van der Waals surface area contributed by atoms with Crippen molar-refractivity contribution < 1.29 is 19.1 Å². The van der Waals surface area contributed by atoms with Gasteiger partial charge in [-0.25, -0.2) is 10.4 Å². The molecule has 0 atom stereocenters. The predicted molar refractivity (Wildman–Crippen MR) is 179 cm³/mol. The van der Waals surface area contributed by atoms with Gasteiger partial charge in [-0.3, -0.25) is 9.59 Å². The second kappa shape index (κ2) is 14.6. The summed E-state index contributed by atoms with van der Waals surface area (Å²) in [5.74, 6) is 0.404. The number of carbonyl (C=O) groups excluding carboxylic acids is 2. The van der Waals surface area contributed by atoms with Crippen LogP contribution in [0.1, 0.15) is 15.9 Å². The minimum Gasteiger partial charge on any atom is -0.497 e. The van der Waals surface area contributed by atoms with Crippen LogP contribution >= 0.6 is 38.9 Å². The van der Waals surface area contributed by atoms with Crippen LogP contribution in [0.2, 0.25) is 5.02 Å². The molecule has 0 aliphatic rings. The van der Waals surface area contributed by atoms with Crippen LogP contribution in [-0.4, -0.2) is 36.7 Å². The fraction of sp³-hybridized carbons (Fsp3) is 0.0625. The van der Waals surface area contributed by atoms with Crippen LogP contribution in [0, 0.1) is 0 Å². The monoisotopic (exact) mass is 689 g/mol. The molecule has 0 bridgehead atoms. The molecule has 0 spiro atoms. The lowest BCUT2D eigenvalue weighted by atomic mass is 10.1. The highest BCUT2D eigenvalue weighted by atomic mass is 79.9. The third-order valence-corrected chi connectivity index (χ3v) is 7.62. The third-order valence-electron chi connectivity index (χ3n) is 6.12. The van der Waals surface area contributed by atoms with E-state index in [0.717, 1.165) is 26.5 Å². The minimum atomic E-state index is -0.382. The van der Waals surface area contributed by atoms with Crippen molar-refractivity contribution >= 4 is 73.4 Å². The summed E-state index contributed by atoms with van der Waals surface area (Å²) in [7, 11) is 1.58. The van der Waals surface area contributed by atoms with Gasteiger partial charge in [0.25, 0.3) is 11.8 Å². The molecule has 0 saturated carbocycles. The van der Waals surface area contributed by atoms with Gasteiger partial charge in [-0.2, -0.15) is 5.10 Å². The van der Waals surface area contributed by atoms with Gasteiger partial charge in [0, 0.05) is 42.9 Å². The molecule has 44 heavy (non-hydrogen) atoms. The summed E-state index contributed by atoms with van der Waals surface area (Å²) in [6.07, 6.45) is 1.46. The zero-order valence-corrected chi connectivity index (χ0v) is 26.4. The fourth-order valence-electron chi connectivity index (χ4n) is 3.90. The summed E-state index contributed by atoms with van der Waals surface area (Å²) in [6, 6.07) is 26.7. The number of hydrazone groups is 1. The summed E-state index contributed by atoms with van der Waals surface area (Å²) in [5.41, 5.74) is 6.70. The maximum absolute atomic E-state index is 12.7. The van der Waals surface area contributed by atoms with E-state index in [1.807, 2.05) is 41.8 Å². The van der Waals surface area contributed by atoms with E-state index >= 15 is 0 Å². The van der Waals surface area contributed by atoms with Crippen LogP contribution in [0.3, 0.4) is 0 Å². The standard InChI is InChI=1S/C32H25BrClN5O4S/c1-42-27-13-11-25(12-14-27)36-30(40)18-43-29-15-6-23(33)16-22(29)17-35-39-31(41)21-4-2-20(3-5-21)28-19-44-32(38-28)37-26-9-7-24(34)8-10-26/h2-17,19H,18H2,1H3,(H,36,40)(H,37,38)(H,39,41)/b35-17-. The average Bonchev–Trinajstić information content (AvgIpc) is 3.50. The lowest BCUT2D eigenvalue weighted by molar-refractivity contribution is -0.118. The quantitative estimate of drug-likeness (QED) is 0.0965. The molecule has 222 valence electrons. The number of halogens is 2. The molecule has 0 unspecified atom stereocenters. The molecule has 2 amide bonds. The molecule has 5 aromatic rings. The van der Waals surface area contributed by atoms with Gasteiger partial charge >= 0.3 is 0 Å². The van der Waals surface area contributed by atoms with Crippen molar-refractivity contribution in [2.24, 2.45) is 5.10 Å². The van der Waals surface area contributed by atoms with E-state index in [0.29, 0.717) is 33.3 Å². The topological polar surface area (TPSA) is 114 Å². The molecule has 4 aromatic carbocycles. The SMILES string of the molecule is COc1ccc(NC(=O)COc2ccc(Br)cc2/C=N\NC(=O)c2ccc(-c3csc(Nc4ccc(Cl)cc4)n3)cc2)cc1. The number of hydrogen-bond acceptors (Lipinski definition) is 8. The van der Waals surface area contributed by atoms with Gasteiger partial charge in [0.15, 0.2) is 11.7 Å². The van der Waals surface area contributed by atoms with Crippen molar-refractivity contribution in [1.29, 1.82) is 0 Å². The number of anilines is 3. The van der Waals surface area contributed by atoms with Crippen molar-refractivity contribution in [3.8, 4) is 22.8 Å². The summed E-state index contributed by atoms with van der Waals surface area (Å²) in [4.78, 5) is 29.8. The highest BCUT2D eigenvalue weighted by molar-refractivity contribution is 9.10. The zero-order valence-electron chi connectivity index (χ0n) is 23.2. The average molecular weight is 691 g/mol. The normalized spacial score (nSPS) is 10.8. The minimum absolute atomic E-state index is 0.217. The van der Waals surface area contributed by atoms with Gasteiger partial charge in [-0.05, 0) is 78.9 Å². The van der Waals surface area contributed by atoms with Crippen molar-refractivity contribution in [2.45, 2.75) is 0 Å². The van der Waals surface area contributed by atoms with E-state index < -0.39 is 0 Å². The number of methoxy groups -OCH3 is 1. The smallest absolute Gasteiger partial charge is 0.271 e. The number of benzene rings is 4. The second-order valence-corrected chi connectivity index (χ2v) is 11.4. The molecule has 0 saturated heterocycles. The van der Waals surface area contributed by atoms with E-state index in [1.165, 1.54) is 17.6 Å². The lowest BCUT2D eigenvalue weighted by Gasteiger charge is -2.10. The molecule has 5 rings (SSSR count). The Morgan fingerprint density at radius 2 is 1.70 bits per heavy atom. The Labute approximate surface area is 271 Å². The highest BCUT2D eigenvalue weighted by Gasteiger charge is 2.10. The van der Waals surface area contributed by atoms with Gasteiger partial charge in [0.05, 0.1) is 19.0 Å². The molecule has 3 N–H and O–H groups in total. The first-order chi connectivity index (χ1) is 21.4. The molecule has 0 fully saturated rings. The Bertz CT molecular complexity index is 1780. The van der Waals surface area contributed by atoms with E-state index in [9.17, 15) is 9.59 Å². The maximum atomic E-state index is 12.7. The fourth-order valence-corrected chi connectivity index (χ4v) is 5.15. The van der Waals surface area contributed by atoms with Crippen LogP contribution in [0.15, 0.2) is 106 Å². The first-order valence-corrected chi connectivity index (χ1v) is 15.2. The Balaban J connectivity index is 1.15. The number of carbonyl (C=O) groups is 2. The largest absolute Gasteiger partial charge is 0.497 e. The number of nitrogens with zero attached hydrogens (tertiary/aromatic N) is 2. The van der Waals surface area contributed by atoms with E-state index in [1.54, 1.807) is 61.7 Å². The first kappa shape index (κ1) is 30.7. The summed E-state index contributed by atoms with van der Waals surface area (Å²) in [6.45, 7) is -0.217. The summed E-state index contributed by atoms with van der Waals surface area (Å²) < 4.78 is 11.6. The Kier molecular flexibility index (Phi) is 10.2. The molecular formula is C32H25BrClN5O4S. The van der Waals surface area contributed by atoms with Crippen LogP contribution in [0.5, 0.6) is 11.5 Å². The molecule has 12 heteroatoms. The molecule has 9 nitrogen and oxygen atoms in total. The lowest BCUT2D eigenvalue weighted by Crippen LogP contribution is -2.20. The third kappa shape index (κ3) is 8.44. The van der Waals surface area contributed by atoms with E-state index in [4.69, 9.17) is 21.1 Å². The molecular weight excluding hydrogens is 666 g/mol. The van der Waals surface area contributed by atoms with Gasteiger partial charge in [0.2, 0.25) is 0 Å². The number of hydrogen-bond donors (Lipinski definition) is 3. The van der Waals surface area contributed by atoms with E-state index in [-0.39, 0.29) is 18.4 Å². The number of amides is 2. The number of ether oxygens (including phenoxy) is 2. The van der Waals surface area contributed by atoms with Gasteiger partial charge in [-0.15, -0.1) is 11.3 Å². The molecule has 0 aliphatic carbocycles. The van der Waals surface area contributed by atoms with Crippen molar-refractivity contribution in [3.63, 3.8) is 0 Å². The zero-order chi connectivity index (χ0) is 30.9. The van der Waals surface area contributed by atoms with Crippen LogP contribution in [-0.2, 0) is 4.79 Å². The molecule has 0 aliphatic heterocycles. The number of thiazole rings is 1. The van der Waals surface area contributed by atoms with Gasteiger partial charge in [0.1, 0.15) is 11.5 Å². The van der Waals surface area contributed by atoms with Crippen molar-refractivity contribution in [2.75, 3.05) is 24.4 Å². The Morgan fingerprint density at radius 1 is 0.977 bits per heavy atom. The van der Waals surface area contributed by atoms with Crippen LogP contribution < -0.4 is 25.5 Å². The van der Waals surface area contributed by atoms with Crippen LogP contribution in [0.4, 0.5) is 16.5 Å². The molecule has 1 heterocycles. The van der Waals surface area contributed by atoms with E-state index in [2.05, 4.69) is 42.1 Å². The first-order valence-electron chi connectivity index (χ1n) is 13.1. The van der Waals surface area contributed by atoms with Crippen molar-refractivity contribution in [1.82, 2.24) is 10.4 Å². The number of aromatic nitrogens is 1. The molecule has 0 radical (unpaired) electrons. The summed E-state index contributed by atoms with van der Waals surface area (Å²) >= 11 is 10.9. The Morgan fingerprint density at radius 3 is 2.43 bits per heavy atom. The highest BCUT2D eigenvalue weighted by Crippen LogP contribution is 2.28. The number of nitrogens with one attached hydrogen (secondary N) is 3. The predicted octanol–water partition coefficient (Wildman–Crippen LogP) is 7.76. The summed E-state index contributed by atoms with van der Waals surface area (Å²) in [5, 5.41) is 13.5. The van der Waals surface area contributed by atoms with Gasteiger partial charge in [-0.1, -0.05) is 39.7 Å². The number of rotatable bonds is 11. The van der Waals surface area contributed by atoms with Crippen LogP contribution in [0.25, 0.3) is 11.3 Å². The maximum Gasteiger partial charge on any atom is 0.271 e.